The lowest BCUT2D eigenvalue weighted by molar-refractivity contribution is -0.0222. The molecule has 0 spiro atoms. The Morgan fingerprint density at radius 2 is 2.35 bits per heavy atom. The van der Waals surface area contributed by atoms with Crippen molar-refractivity contribution in [3.05, 3.63) is 18.3 Å². The Kier molecular flexibility index (Phi) is 3.31. The van der Waals surface area contributed by atoms with Crippen molar-refractivity contribution in [1.82, 2.24) is 19.7 Å². The molecule has 0 bridgehead atoms. The third-order valence-corrected chi connectivity index (χ3v) is 3.64. The summed E-state index contributed by atoms with van der Waals surface area (Å²) in [5.41, 5.74) is 6.25. The van der Waals surface area contributed by atoms with Crippen molar-refractivity contribution in [3.8, 4) is 11.6 Å². The minimum Gasteiger partial charge on any atom is -0.376 e. The summed E-state index contributed by atoms with van der Waals surface area (Å²) in [6.45, 7) is 2.24. The summed E-state index contributed by atoms with van der Waals surface area (Å²) in [5, 5.41) is 3.97. The normalized spacial score (nSPS) is 18.8. The predicted molar refractivity (Wildman–Crippen MR) is 71.6 cm³/mol. The summed E-state index contributed by atoms with van der Waals surface area (Å²) in [6, 6.07) is 0. The van der Waals surface area contributed by atoms with E-state index in [0.29, 0.717) is 24.4 Å². The van der Waals surface area contributed by atoms with Crippen LogP contribution in [0, 0.1) is 0 Å². The minimum atomic E-state index is -0.754. The van der Waals surface area contributed by atoms with E-state index < -0.39 is 5.54 Å². The SMILES string of the molecule is Cn1cncc1-c1nc(C(C)(N)COC2CCC2)no1. The van der Waals surface area contributed by atoms with E-state index in [1.807, 2.05) is 18.5 Å². The van der Waals surface area contributed by atoms with Crippen LogP contribution in [0.2, 0.25) is 0 Å². The summed E-state index contributed by atoms with van der Waals surface area (Å²) in [6.07, 6.45) is 7.15. The van der Waals surface area contributed by atoms with Gasteiger partial charge in [-0.1, -0.05) is 5.16 Å². The number of aryl methyl sites for hydroxylation is 1. The van der Waals surface area contributed by atoms with Crippen LogP contribution in [0.3, 0.4) is 0 Å². The zero-order valence-corrected chi connectivity index (χ0v) is 11.7. The van der Waals surface area contributed by atoms with Gasteiger partial charge in [-0.2, -0.15) is 4.98 Å². The number of hydrogen-bond donors (Lipinski definition) is 1. The first-order valence-corrected chi connectivity index (χ1v) is 6.77. The fourth-order valence-corrected chi connectivity index (χ4v) is 2.02. The molecular weight excluding hydrogens is 258 g/mol. The molecule has 108 valence electrons. The summed E-state index contributed by atoms with van der Waals surface area (Å²) in [4.78, 5) is 8.39. The fourth-order valence-electron chi connectivity index (χ4n) is 2.02. The van der Waals surface area contributed by atoms with Gasteiger partial charge in [0, 0.05) is 7.05 Å². The van der Waals surface area contributed by atoms with Crippen molar-refractivity contribution in [1.29, 1.82) is 0 Å². The lowest BCUT2D eigenvalue weighted by Crippen LogP contribution is -2.41. The van der Waals surface area contributed by atoms with E-state index in [0.717, 1.165) is 18.5 Å². The monoisotopic (exact) mass is 277 g/mol. The smallest absolute Gasteiger partial charge is 0.276 e. The summed E-state index contributed by atoms with van der Waals surface area (Å²) < 4.78 is 12.8. The van der Waals surface area contributed by atoms with Crippen molar-refractivity contribution in [2.24, 2.45) is 12.8 Å². The zero-order chi connectivity index (χ0) is 14.2. The molecule has 20 heavy (non-hydrogen) atoms. The van der Waals surface area contributed by atoms with Crippen LogP contribution < -0.4 is 5.73 Å². The molecule has 0 radical (unpaired) electrons. The largest absolute Gasteiger partial charge is 0.376 e. The van der Waals surface area contributed by atoms with Gasteiger partial charge >= 0.3 is 0 Å². The highest BCUT2D eigenvalue weighted by molar-refractivity contribution is 5.45. The number of rotatable bonds is 5. The van der Waals surface area contributed by atoms with Gasteiger partial charge in [-0.25, -0.2) is 4.98 Å². The Morgan fingerprint density at radius 1 is 1.55 bits per heavy atom. The molecule has 2 N–H and O–H groups in total. The molecule has 2 heterocycles. The molecule has 0 amide bonds. The van der Waals surface area contributed by atoms with Crippen molar-refractivity contribution in [2.75, 3.05) is 6.61 Å². The van der Waals surface area contributed by atoms with Crippen molar-refractivity contribution < 1.29 is 9.26 Å². The van der Waals surface area contributed by atoms with Gasteiger partial charge in [0.2, 0.25) is 0 Å². The van der Waals surface area contributed by atoms with E-state index in [1.165, 1.54) is 6.42 Å². The van der Waals surface area contributed by atoms with Crippen LogP contribution in [-0.4, -0.2) is 32.4 Å². The Balaban J connectivity index is 1.73. The van der Waals surface area contributed by atoms with E-state index >= 15 is 0 Å². The molecule has 0 aromatic carbocycles. The Labute approximate surface area is 117 Å². The lowest BCUT2D eigenvalue weighted by Gasteiger charge is -2.29. The molecular formula is C13H19N5O2. The number of ether oxygens (including phenoxy) is 1. The second kappa shape index (κ2) is 4.99. The van der Waals surface area contributed by atoms with Gasteiger partial charge in [-0.15, -0.1) is 0 Å². The molecule has 7 heteroatoms. The average molecular weight is 277 g/mol. The molecule has 1 aliphatic carbocycles. The third-order valence-electron chi connectivity index (χ3n) is 3.64. The molecule has 0 saturated heterocycles. The van der Waals surface area contributed by atoms with Gasteiger partial charge in [0.1, 0.15) is 11.2 Å². The quantitative estimate of drug-likeness (QED) is 0.883. The second-order valence-corrected chi connectivity index (χ2v) is 5.59. The van der Waals surface area contributed by atoms with Crippen molar-refractivity contribution >= 4 is 0 Å². The van der Waals surface area contributed by atoms with Crippen molar-refractivity contribution in [3.63, 3.8) is 0 Å². The van der Waals surface area contributed by atoms with Crippen molar-refractivity contribution in [2.45, 2.75) is 37.8 Å². The van der Waals surface area contributed by atoms with E-state index in [4.69, 9.17) is 15.0 Å². The van der Waals surface area contributed by atoms with Crippen LogP contribution in [-0.2, 0) is 17.3 Å². The topological polar surface area (TPSA) is 92.0 Å². The number of hydrogen-bond acceptors (Lipinski definition) is 6. The molecule has 1 saturated carbocycles. The van der Waals surface area contributed by atoms with Crippen LogP contribution >= 0.6 is 0 Å². The molecule has 0 aliphatic heterocycles. The van der Waals surface area contributed by atoms with E-state index in [2.05, 4.69) is 15.1 Å². The van der Waals surface area contributed by atoms with Gasteiger partial charge in [-0.3, -0.25) is 0 Å². The van der Waals surface area contributed by atoms with Gasteiger partial charge in [0.05, 0.1) is 25.2 Å². The first kappa shape index (κ1) is 13.3. The molecule has 1 fully saturated rings. The molecule has 1 unspecified atom stereocenters. The maximum atomic E-state index is 6.24. The summed E-state index contributed by atoms with van der Waals surface area (Å²) in [5.74, 6) is 0.869. The zero-order valence-electron chi connectivity index (χ0n) is 11.7. The van der Waals surface area contributed by atoms with Gasteiger partial charge < -0.3 is 19.6 Å². The Hall–Kier alpha value is -1.73. The van der Waals surface area contributed by atoms with E-state index in [9.17, 15) is 0 Å². The highest BCUT2D eigenvalue weighted by Gasteiger charge is 2.31. The maximum absolute atomic E-state index is 6.24. The average Bonchev–Trinajstić information content (AvgIpc) is 2.94. The highest BCUT2D eigenvalue weighted by atomic mass is 16.5. The number of nitrogens with two attached hydrogens (primary N) is 1. The summed E-state index contributed by atoms with van der Waals surface area (Å²) >= 11 is 0. The molecule has 3 rings (SSSR count). The Bertz CT molecular complexity index is 585. The predicted octanol–water partition coefficient (Wildman–Crippen LogP) is 1.21. The lowest BCUT2D eigenvalue weighted by atomic mass is 9.95. The van der Waals surface area contributed by atoms with Crippen LogP contribution in [0.1, 0.15) is 32.0 Å². The van der Waals surface area contributed by atoms with Crippen LogP contribution in [0.4, 0.5) is 0 Å². The molecule has 2 aromatic heterocycles. The second-order valence-electron chi connectivity index (χ2n) is 5.59. The summed E-state index contributed by atoms with van der Waals surface area (Å²) in [7, 11) is 1.87. The fraction of sp³-hybridized carbons (Fsp3) is 0.615. The minimum absolute atomic E-state index is 0.335. The standard InChI is InChI=1S/C13H19N5O2/c1-13(14,7-19-9-4-3-5-9)12-16-11(20-17-12)10-6-15-8-18(10)2/h6,8-9H,3-5,7,14H2,1-2H3. The van der Waals surface area contributed by atoms with Gasteiger partial charge in [0.25, 0.3) is 5.89 Å². The first-order chi connectivity index (χ1) is 9.56. The van der Waals surface area contributed by atoms with E-state index in [-0.39, 0.29) is 0 Å². The Morgan fingerprint density at radius 3 is 2.95 bits per heavy atom. The van der Waals surface area contributed by atoms with Gasteiger partial charge in [0.15, 0.2) is 5.82 Å². The molecule has 7 nitrogen and oxygen atoms in total. The van der Waals surface area contributed by atoms with E-state index in [1.54, 1.807) is 12.5 Å². The molecule has 2 aromatic rings. The number of nitrogens with zero attached hydrogens (tertiary/aromatic N) is 4. The van der Waals surface area contributed by atoms with Crippen LogP contribution in [0.25, 0.3) is 11.6 Å². The third kappa shape index (κ3) is 2.46. The maximum Gasteiger partial charge on any atom is 0.276 e. The number of imidazole rings is 1. The molecule has 1 aliphatic rings. The first-order valence-electron chi connectivity index (χ1n) is 6.77. The number of aromatic nitrogens is 4. The van der Waals surface area contributed by atoms with Gasteiger partial charge in [-0.05, 0) is 26.2 Å². The van der Waals surface area contributed by atoms with Crippen LogP contribution in [0.15, 0.2) is 17.0 Å². The molecule has 1 atom stereocenters. The van der Waals surface area contributed by atoms with Crippen LogP contribution in [0.5, 0.6) is 0 Å². The highest BCUT2D eigenvalue weighted by Crippen LogP contribution is 2.25.